The fourth-order valence-corrected chi connectivity index (χ4v) is 2.08. The van der Waals surface area contributed by atoms with E-state index < -0.39 is 0 Å². The smallest absolute Gasteiger partial charge is 0.0590 e. The third-order valence-electron chi connectivity index (χ3n) is 2.96. The van der Waals surface area contributed by atoms with Crippen LogP contribution in [0.3, 0.4) is 0 Å². The van der Waals surface area contributed by atoms with Crippen LogP contribution in [0.25, 0.3) is 0 Å². The minimum absolute atomic E-state index is 0.398. The van der Waals surface area contributed by atoms with E-state index in [0.29, 0.717) is 5.54 Å². The largest absolute Gasteiger partial charge is 0.380 e. The van der Waals surface area contributed by atoms with E-state index in [9.17, 15) is 0 Å². The Morgan fingerprint density at radius 1 is 1.23 bits per heavy atom. The van der Waals surface area contributed by atoms with Crippen molar-refractivity contribution in [2.75, 3.05) is 19.8 Å². The molecule has 0 aromatic rings. The number of rotatable bonds is 5. The van der Waals surface area contributed by atoms with Crippen molar-refractivity contribution >= 4 is 0 Å². The van der Waals surface area contributed by atoms with Crippen LogP contribution in [0.4, 0.5) is 0 Å². The lowest BCUT2D eigenvalue weighted by molar-refractivity contribution is 0.135. The molecule has 0 aromatic carbocycles. The first-order valence-corrected chi connectivity index (χ1v) is 5.60. The molecule has 1 saturated carbocycles. The minimum atomic E-state index is 0.398. The van der Waals surface area contributed by atoms with Gasteiger partial charge in [0.1, 0.15) is 0 Å². The van der Waals surface area contributed by atoms with Gasteiger partial charge >= 0.3 is 0 Å². The normalized spacial score (nSPS) is 21.7. The monoisotopic (exact) mass is 185 g/mol. The molecule has 0 amide bonds. The third-order valence-corrected chi connectivity index (χ3v) is 2.96. The van der Waals surface area contributed by atoms with Crippen molar-refractivity contribution in [3.8, 4) is 0 Å². The van der Waals surface area contributed by atoms with E-state index in [1.807, 2.05) is 6.92 Å². The van der Waals surface area contributed by atoms with E-state index in [1.165, 1.54) is 32.1 Å². The molecule has 13 heavy (non-hydrogen) atoms. The van der Waals surface area contributed by atoms with Crippen molar-refractivity contribution in [3.05, 3.63) is 0 Å². The molecule has 0 aromatic heterocycles. The van der Waals surface area contributed by atoms with Gasteiger partial charge in [0.05, 0.1) is 6.61 Å². The van der Waals surface area contributed by atoms with Crippen molar-refractivity contribution < 1.29 is 4.74 Å². The topological polar surface area (TPSA) is 21.3 Å². The van der Waals surface area contributed by atoms with Gasteiger partial charge < -0.3 is 10.1 Å². The summed E-state index contributed by atoms with van der Waals surface area (Å²) in [6, 6.07) is 0. The van der Waals surface area contributed by atoms with Gasteiger partial charge in [-0.15, -0.1) is 0 Å². The molecule has 2 heteroatoms. The molecular formula is C11H23NO. The maximum Gasteiger partial charge on any atom is 0.0590 e. The maximum absolute atomic E-state index is 5.31. The van der Waals surface area contributed by atoms with E-state index in [0.717, 1.165) is 19.8 Å². The average molecular weight is 185 g/mol. The molecular weight excluding hydrogens is 162 g/mol. The molecule has 0 unspecified atom stereocenters. The SMILES string of the molecule is CCOCCNC1(C)CCCCC1. The summed E-state index contributed by atoms with van der Waals surface area (Å²) in [7, 11) is 0. The first-order valence-electron chi connectivity index (χ1n) is 5.60. The second-order valence-electron chi connectivity index (χ2n) is 4.25. The molecule has 1 aliphatic carbocycles. The van der Waals surface area contributed by atoms with Crippen LogP contribution >= 0.6 is 0 Å². The Morgan fingerprint density at radius 3 is 2.54 bits per heavy atom. The summed E-state index contributed by atoms with van der Waals surface area (Å²) < 4.78 is 5.31. The van der Waals surface area contributed by atoms with Gasteiger partial charge in [-0.3, -0.25) is 0 Å². The summed E-state index contributed by atoms with van der Waals surface area (Å²) in [5.74, 6) is 0. The minimum Gasteiger partial charge on any atom is -0.380 e. The lowest BCUT2D eigenvalue weighted by Crippen LogP contribution is -2.45. The molecule has 0 atom stereocenters. The molecule has 2 nitrogen and oxygen atoms in total. The lowest BCUT2D eigenvalue weighted by atomic mass is 9.83. The van der Waals surface area contributed by atoms with Crippen LogP contribution in [-0.2, 0) is 4.74 Å². The first kappa shape index (κ1) is 11.0. The summed E-state index contributed by atoms with van der Waals surface area (Å²) >= 11 is 0. The summed E-state index contributed by atoms with van der Waals surface area (Å²) in [5, 5.41) is 3.61. The lowest BCUT2D eigenvalue weighted by Gasteiger charge is -2.34. The standard InChI is InChI=1S/C11H23NO/c1-3-13-10-9-12-11(2)7-5-4-6-8-11/h12H,3-10H2,1-2H3. The third kappa shape index (κ3) is 4.10. The highest BCUT2D eigenvalue weighted by molar-refractivity contribution is 4.85. The molecule has 0 bridgehead atoms. The van der Waals surface area contributed by atoms with Gasteiger partial charge in [-0.2, -0.15) is 0 Å². The van der Waals surface area contributed by atoms with Gasteiger partial charge in [0.15, 0.2) is 0 Å². The molecule has 1 rings (SSSR count). The van der Waals surface area contributed by atoms with Crippen molar-refractivity contribution in [2.24, 2.45) is 0 Å². The predicted octanol–water partition coefficient (Wildman–Crippen LogP) is 2.34. The zero-order valence-electron chi connectivity index (χ0n) is 9.07. The Morgan fingerprint density at radius 2 is 1.92 bits per heavy atom. The van der Waals surface area contributed by atoms with E-state index in [2.05, 4.69) is 12.2 Å². The highest BCUT2D eigenvalue weighted by atomic mass is 16.5. The van der Waals surface area contributed by atoms with Crippen LogP contribution in [0.5, 0.6) is 0 Å². The van der Waals surface area contributed by atoms with Gasteiger partial charge in [-0.1, -0.05) is 19.3 Å². The summed E-state index contributed by atoms with van der Waals surface area (Å²) in [4.78, 5) is 0. The van der Waals surface area contributed by atoms with Crippen molar-refractivity contribution in [3.63, 3.8) is 0 Å². The summed E-state index contributed by atoms with van der Waals surface area (Å²) in [5.41, 5.74) is 0.398. The summed E-state index contributed by atoms with van der Waals surface area (Å²) in [6.07, 6.45) is 6.86. The van der Waals surface area contributed by atoms with Gasteiger partial charge in [-0.25, -0.2) is 0 Å². The van der Waals surface area contributed by atoms with Gasteiger partial charge in [0, 0.05) is 18.7 Å². The maximum atomic E-state index is 5.31. The van der Waals surface area contributed by atoms with E-state index in [4.69, 9.17) is 4.74 Å². The molecule has 1 fully saturated rings. The molecule has 0 spiro atoms. The second kappa shape index (κ2) is 5.61. The molecule has 0 radical (unpaired) electrons. The molecule has 78 valence electrons. The predicted molar refractivity (Wildman–Crippen MR) is 56.0 cm³/mol. The van der Waals surface area contributed by atoms with Gasteiger partial charge in [-0.05, 0) is 26.7 Å². The van der Waals surface area contributed by atoms with Crippen LogP contribution in [0.15, 0.2) is 0 Å². The van der Waals surface area contributed by atoms with Crippen molar-refractivity contribution in [1.82, 2.24) is 5.32 Å². The van der Waals surface area contributed by atoms with E-state index in [1.54, 1.807) is 0 Å². The van der Waals surface area contributed by atoms with Gasteiger partial charge in [0.2, 0.25) is 0 Å². The average Bonchev–Trinajstić information content (AvgIpc) is 2.14. The first-order chi connectivity index (χ1) is 6.27. The Hall–Kier alpha value is -0.0800. The molecule has 1 aliphatic rings. The zero-order chi connectivity index (χ0) is 9.57. The Labute approximate surface area is 82.0 Å². The van der Waals surface area contributed by atoms with Gasteiger partial charge in [0.25, 0.3) is 0 Å². The second-order valence-corrected chi connectivity index (χ2v) is 4.25. The van der Waals surface area contributed by atoms with Crippen LogP contribution in [0.1, 0.15) is 46.0 Å². The van der Waals surface area contributed by atoms with E-state index in [-0.39, 0.29) is 0 Å². The molecule has 0 saturated heterocycles. The number of ether oxygens (including phenoxy) is 1. The number of nitrogens with one attached hydrogen (secondary N) is 1. The molecule has 1 N–H and O–H groups in total. The van der Waals surface area contributed by atoms with Crippen molar-refractivity contribution in [1.29, 1.82) is 0 Å². The summed E-state index contributed by atoms with van der Waals surface area (Å²) in [6.45, 7) is 7.08. The Bertz CT molecular complexity index is 130. The molecule has 0 aliphatic heterocycles. The Kier molecular flexibility index (Phi) is 4.74. The zero-order valence-corrected chi connectivity index (χ0v) is 9.07. The van der Waals surface area contributed by atoms with Crippen LogP contribution < -0.4 is 5.32 Å². The van der Waals surface area contributed by atoms with Crippen LogP contribution in [-0.4, -0.2) is 25.3 Å². The highest BCUT2D eigenvalue weighted by Gasteiger charge is 2.25. The fourth-order valence-electron chi connectivity index (χ4n) is 2.08. The van der Waals surface area contributed by atoms with E-state index >= 15 is 0 Å². The Balaban J connectivity index is 2.10. The number of hydrogen-bond donors (Lipinski definition) is 1. The van der Waals surface area contributed by atoms with Crippen molar-refractivity contribution in [2.45, 2.75) is 51.5 Å². The fraction of sp³-hybridized carbons (Fsp3) is 1.00. The highest BCUT2D eigenvalue weighted by Crippen LogP contribution is 2.27. The molecule has 0 heterocycles. The van der Waals surface area contributed by atoms with Crippen LogP contribution in [0, 0.1) is 0 Å². The number of hydrogen-bond acceptors (Lipinski definition) is 2. The quantitative estimate of drug-likeness (QED) is 0.664. The van der Waals surface area contributed by atoms with Crippen LogP contribution in [0.2, 0.25) is 0 Å².